The van der Waals surface area contributed by atoms with E-state index >= 15 is 0 Å². The summed E-state index contributed by atoms with van der Waals surface area (Å²) < 4.78 is 1.64. The molecule has 0 aliphatic heterocycles. The van der Waals surface area contributed by atoms with Crippen molar-refractivity contribution in [1.82, 2.24) is 9.78 Å². The normalized spacial score (nSPS) is 10.6. The van der Waals surface area contributed by atoms with Crippen LogP contribution >= 0.6 is 11.6 Å². The molecule has 5 nitrogen and oxygen atoms in total. The fraction of sp³-hybridized carbons (Fsp3) is 0. The highest BCUT2D eigenvalue weighted by Gasteiger charge is 2.08. The number of hydrogen-bond acceptors (Lipinski definition) is 3. The standard InChI is InChI=1S/C19H13ClN4O/c20-16-7-8-18(24-11-3-10-22-24)17(12-16)23-19(25)9-6-14-4-1-2-5-15(14)13-21/h1-12H,(H,23,25)/b9-6+. The van der Waals surface area contributed by atoms with Gasteiger partial charge < -0.3 is 5.32 Å². The van der Waals surface area contributed by atoms with Crippen LogP contribution in [0.15, 0.2) is 67.0 Å². The minimum Gasteiger partial charge on any atom is -0.321 e. The molecule has 3 rings (SSSR count). The second kappa shape index (κ2) is 7.47. The van der Waals surface area contributed by atoms with E-state index in [9.17, 15) is 4.79 Å². The lowest BCUT2D eigenvalue weighted by molar-refractivity contribution is -0.111. The molecule has 0 atom stereocenters. The summed E-state index contributed by atoms with van der Waals surface area (Å²) in [4.78, 5) is 12.3. The predicted molar refractivity (Wildman–Crippen MR) is 97.4 cm³/mol. The highest BCUT2D eigenvalue weighted by Crippen LogP contribution is 2.24. The average molecular weight is 349 g/mol. The van der Waals surface area contributed by atoms with Crippen molar-refractivity contribution in [2.24, 2.45) is 0 Å². The molecule has 0 bridgehead atoms. The smallest absolute Gasteiger partial charge is 0.248 e. The van der Waals surface area contributed by atoms with E-state index in [0.717, 1.165) is 0 Å². The number of nitrogens with one attached hydrogen (secondary N) is 1. The summed E-state index contributed by atoms with van der Waals surface area (Å²) in [7, 11) is 0. The third kappa shape index (κ3) is 3.94. The second-order valence-corrected chi connectivity index (χ2v) is 5.57. The quantitative estimate of drug-likeness (QED) is 0.723. The molecular formula is C19H13ClN4O. The topological polar surface area (TPSA) is 70.7 Å². The van der Waals surface area contributed by atoms with E-state index in [1.165, 1.54) is 6.08 Å². The van der Waals surface area contributed by atoms with E-state index in [4.69, 9.17) is 16.9 Å². The Bertz CT molecular complexity index is 971. The van der Waals surface area contributed by atoms with Crippen LogP contribution in [0.3, 0.4) is 0 Å². The number of carbonyl (C=O) groups excluding carboxylic acids is 1. The highest BCUT2D eigenvalue weighted by atomic mass is 35.5. The van der Waals surface area contributed by atoms with E-state index in [-0.39, 0.29) is 5.91 Å². The number of rotatable bonds is 4. The molecule has 1 N–H and O–H groups in total. The van der Waals surface area contributed by atoms with Gasteiger partial charge in [-0.15, -0.1) is 0 Å². The van der Waals surface area contributed by atoms with Crippen molar-refractivity contribution in [3.8, 4) is 11.8 Å². The first kappa shape index (κ1) is 16.5. The Kier molecular flexibility index (Phi) is 4.93. The second-order valence-electron chi connectivity index (χ2n) is 5.13. The molecule has 1 aromatic heterocycles. The molecule has 122 valence electrons. The van der Waals surface area contributed by atoms with Crippen LogP contribution in [-0.2, 0) is 4.79 Å². The van der Waals surface area contributed by atoms with Gasteiger partial charge in [-0.25, -0.2) is 4.68 Å². The summed E-state index contributed by atoms with van der Waals surface area (Å²) in [6.07, 6.45) is 6.41. The number of nitriles is 1. The third-order valence-electron chi connectivity index (χ3n) is 3.46. The molecule has 1 heterocycles. The van der Waals surface area contributed by atoms with Crippen LogP contribution < -0.4 is 5.32 Å². The Morgan fingerprint density at radius 3 is 2.84 bits per heavy atom. The van der Waals surface area contributed by atoms with Crippen molar-refractivity contribution in [2.45, 2.75) is 0 Å². The Hall–Kier alpha value is -3.36. The van der Waals surface area contributed by atoms with Gasteiger partial charge in [0, 0.05) is 23.5 Å². The van der Waals surface area contributed by atoms with Gasteiger partial charge in [-0.3, -0.25) is 4.79 Å². The van der Waals surface area contributed by atoms with E-state index < -0.39 is 0 Å². The van der Waals surface area contributed by atoms with Crippen molar-refractivity contribution < 1.29 is 4.79 Å². The van der Waals surface area contributed by atoms with Crippen LogP contribution in [-0.4, -0.2) is 15.7 Å². The van der Waals surface area contributed by atoms with Crippen molar-refractivity contribution >= 4 is 29.3 Å². The van der Waals surface area contributed by atoms with Gasteiger partial charge in [0.15, 0.2) is 0 Å². The number of carbonyl (C=O) groups is 1. The number of aromatic nitrogens is 2. The largest absolute Gasteiger partial charge is 0.321 e. The Labute approximate surface area is 149 Å². The average Bonchev–Trinajstić information content (AvgIpc) is 3.14. The molecule has 0 spiro atoms. The first-order valence-corrected chi connectivity index (χ1v) is 7.83. The molecule has 0 fully saturated rings. The van der Waals surface area contributed by atoms with Crippen molar-refractivity contribution in [1.29, 1.82) is 5.26 Å². The van der Waals surface area contributed by atoms with Crippen LogP contribution in [0.4, 0.5) is 5.69 Å². The molecule has 6 heteroatoms. The van der Waals surface area contributed by atoms with Gasteiger partial charge in [-0.1, -0.05) is 29.8 Å². The van der Waals surface area contributed by atoms with Crippen LogP contribution in [0.25, 0.3) is 11.8 Å². The number of hydrogen-bond donors (Lipinski definition) is 1. The summed E-state index contributed by atoms with van der Waals surface area (Å²) in [5.74, 6) is -0.330. The maximum absolute atomic E-state index is 12.3. The van der Waals surface area contributed by atoms with Gasteiger partial charge in [0.1, 0.15) is 0 Å². The number of benzene rings is 2. The van der Waals surface area contributed by atoms with Gasteiger partial charge >= 0.3 is 0 Å². The summed E-state index contributed by atoms with van der Waals surface area (Å²) in [5, 5.41) is 16.5. The lowest BCUT2D eigenvalue weighted by Crippen LogP contribution is -2.11. The minimum atomic E-state index is -0.330. The molecule has 25 heavy (non-hydrogen) atoms. The van der Waals surface area contributed by atoms with Crippen molar-refractivity contribution in [3.05, 3.63) is 83.2 Å². The number of halogens is 1. The van der Waals surface area contributed by atoms with Crippen LogP contribution in [0.2, 0.25) is 5.02 Å². The van der Waals surface area contributed by atoms with Crippen LogP contribution in [0, 0.1) is 11.3 Å². The lowest BCUT2D eigenvalue weighted by Gasteiger charge is -2.10. The molecule has 3 aromatic rings. The fourth-order valence-corrected chi connectivity index (χ4v) is 2.48. The zero-order chi connectivity index (χ0) is 17.6. The van der Waals surface area contributed by atoms with Gasteiger partial charge in [0.25, 0.3) is 0 Å². The molecular weight excluding hydrogens is 336 g/mol. The summed E-state index contributed by atoms with van der Waals surface area (Å²) in [5.41, 5.74) is 2.43. The molecule has 0 saturated carbocycles. The summed E-state index contributed by atoms with van der Waals surface area (Å²) in [6, 6.07) is 16.1. The van der Waals surface area contributed by atoms with Gasteiger partial charge in [-0.05, 0) is 42.0 Å². The Morgan fingerprint density at radius 1 is 1.24 bits per heavy atom. The number of amides is 1. The predicted octanol–water partition coefficient (Wildman–Crippen LogP) is 4.05. The molecule has 0 radical (unpaired) electrons. The first-order valence-electron chi connectivity index (χ1n) is 7.45. The van der Waals surface area contributed by atoms with E-state index in [2.05, 4.69) is 16.5 Å². The zero-order valence-electron chi connectivity index (χ0n) is 13.1. The molecule has 0 unspecified atom stereocenters. The Morgan fingerprint density at radius 2 is 2.08 bits per heavy atom. The third-order valence-corrected chi connectivity index (χ3v) is 3.70. The minimum absolute atomic E-state index is 0.330. The van der Waals surface area contributed by atoms with Crippen molar-refractivity contribution in [3.63, 3.8) is 0 Å². The molecule has 0 aliphatic carbocycles. The van der Waals surface area contributed by atoms with Crippen LogP contribution in [0.5, 0.6) is 0 Å². The zero-order valence-corrected chi connectivity index (χ0v) is 13.8. The Balaban J connectivity index is 1.83. The number of anilines is 1. The van der Waals surface area contributed by atoms with E-state index in [1.807, 2.05) is 6.07 Å². The van der Waals surface area contributed by atoms with Crippen molar-refractivity contribution in [2.75, 3.05) is 5.32 Å². The maximum Gasteiger partial charge on any atom is 0.248 e. The highest BCUT2D eigenvalue weighted by molar-refractivity contribution is 6.31. The first-order chi connectivity index (χ1) is 12.2. The number of nitrogens with zero attached hydrogens (tertiary/aromatic N) is 3. The molecule has 0 saturated heterocycles. The lowest BCUT2D eigenvalue weighted by atomic mass is 10.1. The summed E-state index contributed by atoms with van der Waals surface area (Å²) in [6.45, 7) is 0. The van der Waals surface area contributed by atoms with Gasteiger partial charge in [0.2, 0.25) is 5.91 Å². The maximum atomic E-state index is 12.3. The SMILES string of the molecule is N#Cc1ccccc1/C=C/C(=O)Nc1cc(Cl)ccc1-n1cccn1. The monoisotopic (exact) mass is 348 g/mol. The van der Waals surface area contributed by atoms with Crippen LogP contribution in [0.1, 0.15) is 11.1 Å². The van der Waals surface area contributed by atoms with E-state index in [0.29, 0.717) is 27.5 Å². The van der Waals surface area contributed by atoms with E-state index in [1.54, 1.807) is 65.6 Å². The molecule has 1 amide bonds. The molecule has 0 aliphatic rings. The summed E-state index contributed by atoms with van der Waals surface area (Å²) >= 11 is 6.04. The fourth-order valence-electron chi connectivity index (χ4n) is 2.30. The molecule has 2 aromatic carbocycles. The van der Waals surface area contributed by atoms with Gasteiger partial charge in [0.05, 0.1) is 23.0 Å². The van der Waals surface area contributed by atoms with Gasteiger partial charge in [-0.2, -0.15) is 10.4 Å².